The van der Waals surface area contributed by atoms with E-state index in [-0.39, 0.29) is 11.7 Å². The van der Waals surface area contributed by atoms with Crippen LogP contribution in [0.15, 0.2) is 48.7 Å². The van der Waals surface area contributed by atoms with E-state index in [1.165, 1.54) is 24.5 Å². The number of aromatic nitrogens is 1. The number of hydrogen-bond donors (Lipinski definition) is 1. The van der Waals surface area contributed by atoms with E-state index in [1.807, 2.05) is 36.4 Å². The first-order valence-corrected chi connectivity index (χ1v) is 7.22. The Kier molecular flexibility index (Phi) is 3.50. The van der Waals surface area contributed by atoms with E-state index in [2.05, 4.69) is 10.3 Å². The molecule has 21 heavy (non-hydrogen) atoms. The fraction of sp³-hybridized carbons (Fsp3) is 0.0625. The van der Waals surface area contributed by atoms with Crippen LogP contribution in [0, 0.1) is 0 Å². The molecule has 1 N–H and O–H groups in total. The molecule has 0 fully saturated rings. The predicted molar refractivity (Wildman–Crippen MR) is 84.0 cm³/mol. The normalized spacial score (nSPS) is 10.5. The van der Waals surface area contributed by atoms with Crippen LogP contribution in [0.1, 0.15) is 27.0 Å². The molecule has 0 saturated heterocycles. The van der Waals surface area contributed by atoms with Crippen LogP contribution in [0.3, 0.4) is 0 Å². The third-order valence-electron chi connectivity index (χ3n) is 3.11. The van der Waals surface area contributed by atoms with Crippen LogP contribution in [-0.4, -0.2) is 16.7 Å². The number of benzene rings is 2. The van der Waals surface area contributed by atoms with Crippen LogP contribution in [0.4, 0.5) is 5.13 Å². The summed E-state index contributed by atoms with van der Waals surface area (Å²) in [6, 6.07) is 13.3. The number of carbonyl (C=O) groups is 2. The second-order valence-corrected chi connectivity index (χ2v) is 5.60. The van der Waals surface area contributed by atoms with Gasteiger partial charge in [0.25, 0.3) is 5.91 Å². The molecule has 0 bridgehead atoms. The van der Waals surface area contributed by atoms with Gasteiger partial charge in [-0.3, -0.25) is 14.9 Å². The molecule has 5 heteroatoms. The lowest BCUT2D eigenvalue weighted by molar-refractivity contribution is 0.101. The van der Waals surface area contributed by atoms with Crippen LogP contribution < -0.4 is 5.32 Å². The van der Waals surface area contributed by atoms with Gasteiger partial charge in [0.2, 0.25) is 0 Å². The van der Waals surface area contributed by atoms with Crippen molar-refractivity contribution in [3.8, 4) is 0 Å². The Balaban J connectivity index is 1.91. The van der Waals surface area contributed by atoms with Gasteiger partial charge in [0, 0.05) is 12.5 Å². The fourth-order valence-electron chi connectivity index (χ4n) is 2.08. The average molecular weight is 296 g/mol. The predicted octanol–water partition coefficient (Wildman–Crippen LogP) is 3.75. The molecule has 0 saturated carbocycles. The number of anilines is 1. The number of rotatable bonds is 3. The third kappa shape index (κ3) is 2.68. The molecule has 4 nitrogen and oxygen atoms in total. The average Bonchev–Trinajstić information content (AvgIpc) is 2.95. The van der Waals surface area contributed by atoms with Crippen molar-refractivity contribution in [2.75, 3.05) is 5.32 Å². The lowest BCUT2D eigenvalue weighted by Crippen LogP contribution is -2.12. The summed E-state index contributed by atoms with van der Waals surface area (Å²) in [5.41, 5.74) is 0.590. The Labute approximate surface area is 125 Å². The third-order valence-corrected chi connectivity index (χ3v) is 4.12. The van der Waals surface area contributed by atoms with Gasteiger partial charge in [0.15, 0.2) is 10.9 Å². The standard InChI is InChI=1S/C16H12N2O2S/c1-10(19)14-9-17-16(21-14)18-15(20)13-8-4-6-11-5-2-3-7-12(11)13/h2-9H,1H3,(H,17,18,20). The van der Waals surface area contributed by atoms with Gasteiger partial charge < -0.3 is 0 Å². The number of carbonyl (C=O) groups excluding carboxylic acids is 2. The summed E-state index contributed by atoms with van der Waals surface area (Å²) in [5, 5.41) is 5.07. The van der Waals surface area contributed by atoms with Crippen LogP contribution in [0.5, 0.6) is 0 Å². The maximum absolute atomic E-state index is 12.4. The molecule has 0 unspecified atom stereocenters. The maximum atomic E-state index is 12.4. The Bertz CT molecular complexity index is 834. The van der Waals surface area contributed by atoms with Crippen molar-refractivity contribution in [1.29, 1.82) is 0 Å². The molecule has 0 radical (unpaired) electrons. The van der Waals surface area contributed by atoms with Gasteiger partial charge in [-0.15, -0.1) is 0 Å². The number of ketones is 1. The van der Waals surface area contributed by atoms with E-state index >= 15 is 0 Å². The molecule has 0 spiro atoms. The Morgan fingerprint density at radius 2 is 1.86 bits per heavy atom. The van der Waals surface area contributed by atoms with Gasteiger partial charge >= 0.3 is 0 Å². The highest BCUT2D eigenvalue weighted by Crippen LogP contribution is 2.22. The van der Waals surface area contributed by atoms with Crippen molar-refractivity contribution in [3.05, 3.63) is 59.1 Å². The first-order valence-electron chi connectivity index (χ1n) is 6.41. The monoisotopic (exact) mass is 296 g/mol. The number of thiazole rings is 1. The number of amides is 1. The zero-order valence-electron chi connectivity index (χ0n) is 11.3. The highest BCUT2D eigenvalue weighted by Gasteiger charge is 2.13. The number of nitrogens with zero attached hydrogens (tertiary/aromatic N) is 1. The van der Waals surface area contributed by atoms with Crippen molar-refractivity contribution in [3.63, 3.8) is 0 Å². The number of fused-ring (bicyclic) bond motifs is 1. The van der Waals surface area contributed by atoms with E-state index in [0.29, 0.717) is 15.6 Å². The zero-order chi connectivity index (χ0) is 14.8. The quantitative estimate of drug-likeness (QED) is 0.749. The molecule has 3 rings (SSSR count). The Hall–Kier alpha value is -2.53. The minimum Gasteiger partial charge on any atom is -0.298 e. The summed E-state index contributed by atoms with van der Waals surface area (Å²) >= 11 is 1.18. The first-order chi connectivity index (χ1) is 10.1. The Morgan fingerprint density at radius 1 is 1.10 bits per heavy atom. The molecule has 0 aliphatic rings. The van der Waals surface area contributed by atoms with Crippen LogP contribution >= 0.6 is 11.3 Å². The highest BCUT2D eigenvalue weighted by molar-refractivity contribution is 7.17. The molecule has 1 heterocycles. The van der Waals surface area contributed by atoms with Crippen molar-refractivity contribution in [2.45, 2.75) is 6.92 Å². The van der Waals surface area contributed by atoms with Crippen LogP contribution in [-0.2, 0) is 0 Å². The van der Waals surface area contributed by atoms with E-state index in [0.717, 1.165) is 10.8 Å². The summed E-state index contributed by atoms with van der Waals surface area (Å²) < 4.78 is 0. The summed E-state index contributed by atoms with van der Waals surface area (Å²) in [5.74, 6) is -0.283. The summed E-state index contributed by atoms with van der Waals surface area (Å²) in [6.45, 7) is 1.48. The van der Waals surface area contributed by atoms with E-state index in [9.17, 15) is 9.59 Å². The molecule has 0 aliphatic heterocycles. The minimum atomic E-state index is -0.226. The molecule has 0 aliphatic carbocycles. The molecule has 0 atom stereocenters. The molecule has 1 amide bonds. The number of Topliss-reactive ketones (excluding diaryl/α,β-unsaturated/α-hetero) is 1. The van der Waals surface area contributed by atoms with Crippen molar-refractivity contribution in [1.82, 2.24) is 4.98 Å². The topological polar surface area (TPSA) is 59.1 Å². The summed E-state index contributed by atoms with van der Waals surface area (Å²) in [7, 11) is 0. The van der Waals surface area contributed by atoms with Gasteiger partial charge in [-0.1, -0.05) is 47.7 Å². The second-order valence-electron chi connectivity index (χ2n) is 4.57. The zero-order valence-corrected chi connectivity index (χ0v) is 12.1. The largest absolute Gasteiger partial charge is 0.298 e. The molecule has 2 aromatic carbocycles. The lowest BCUT2D eigenvalue weighted by Gasteiger charge is -2.05. The lowest BCUT2D eigenvalue weighted by atomic mass is 10.0. The second kappa shape index (κ2) is 5.46. The maximum Gasteiger partial charge on any atom is 0.258 e. The van der Waals surface area contributed by atoms with Crippen molar-refractivity contribution in [2.24, 2.45) is 0 Å². The highest BCUT2D eigenvalue weighted by atomic mass is 32.1. The molecule has 3 aromatic rings. The van der Waals surface area contributed by atoms with E-state index in [1.54, 1.807) is 6.07 Å². The molecule has 104 valence electrons. The molecular weight excluding hydrogens is 284 g/mol. The first kappa shape index (κ1) is 13.5. The fourth-order valence-corrected chi connectivity index (χ4v) is 2.79. The van der Waals surface area contributed by atoms with Crippen molar-refractivity contribution < 1.29 is 9.59 Å². The van der Waals surface area contributed by atoms with Gasteiger partial charge in [-0.25, -0.2) is 4.98 Å². The van der Waals surface area contributed by atoms with Crippen LogP contribution in [0.25, 0.3) is 10.8 Å². The van der Waals surface area contributed by atoms with Crippen molar-refractivity contribution >= 4 is 38.9 Å². The van der Waals surface area contributed by atoms with Crippen LogP contribution in [0.2, 0.25) is 0 Å². The smallest absolute Gasteiger partial charge is 0.258 e. The SMILES string of the molecule is CC(=O)c1cnc(NC(=O)c2cccc3ccccc23)s1. The van der Waals surface area contributed by atoms with Gasteiger partial charge in [0.05, 0.1) is 11.1 Å². The summed E-state index contributed by atoms with van der Waals surface area (Å²) in [4.78, 5) is 28.2. The number of nitrogens with one attached hydrogen (secondary N) is 1. The summed E-state index contributed by atoms with van der Waals surface area (Å²) in [6.07, 6.45) is 1.48. The van der Waals surface area contributed by atoms with Gasteiger partial charge in [-0.05, 0) is 16.8 Å². The molecular formula is C16H12N2O2S. The number of hydrogen-bond acceptors (Lipinski definition) is 4. The van der Waals surface area contributed by atoms with E-state index in [4.69, 9.17) is 0 Å². The minimum absolute atomic E-state index is 0.0573. The van der Waals surface area contributed by atoms with Gasteiger partial charge in [0.1, 0.15) is 0 Å². The molecule has 1 aromatic heterocycles. The van der Waals surface area contributed by atoms with E-state index < -0.39 is 0 Å². The van der Waals surface area contributed by atoms with Gasteiger partial charge in [-0.2, -0.15) is 0 Å². The Morgan fingerprint density at radius 3 is 2.62 bits per heavy atom.